The van der Waals surface area contributed by atoms with Gasteiger partial charge in [-0.2, -0.15) is 0 Å². The molecule has 0 amide bonds. The Bertz CT molecular complexity index is 3070. The van der Waals surface area contributed by atoms with Crippen LogP contribution in [0.1, 0.15) is 22.3 Å². The fourth-order valence-electron chi connectivity index (χ4n) is 9.87. The molecule has 2 nitrogen and oxygen atoms in total. The van der Waals surface area contributed by atoms with Crippen molar-refractivity contribution in [2.24, 2.45) is 0 Å². The van der Waals surface area contributed by atoms with Crippen LogP contribution in [0.25, 0.3) is 66.4 Å². The van der Waals surface area contributed by atoms with E-state index in [1.54, 1.807) is 0 Å². The van der Waals surface area contributed by atoms with Crippen LogP contribution in [0.4, 0.5) is 17.1 Å². The molecule has 2 aliphatic rings. The predicted molar refractivity (Wildman–Crippen MR) is 236 cm³/mol. The summed E-state index contributed by atoms with van der Waals surface area (Å²) in [4.78, 5) is 2.30. The molecular weight excluding hydrogens is 691 g/mol. The Hall–Kier alpha value is -7.42. The first-order valence-electron chi connectivity index (χ1n) is 19.7. The molecule has 266 valence electrons. The van der Waals surface area contributed by atoms with Gasteiger partial charge in [-0.3, -0.25) is 0 Å². The van der Waals surface area contributed by atoms with E-state index in [9.17, 15) is 0 Å². The second-order valence-corrected chi connectivity index (χ2v) is 15.2. The second kappa shape index (κ2) is 12.3. The average molecular weight is 726 g/mol. The maximum Gasteiger partial charge on any atom is 0.143 e. The average Bonchev–Trinajstić information content (AvgIpc) is 3.91. The Morgan fingerprint density at radius 3 is 1.42 bits per heavy atom. The van der Waals surface area contributed by atoms with E-state index in [2.05, 4.69) is 217 Å². The van der Waals surface area contributed by atoms with Gasteiger partial charge in [0.2, 0.25) is 0 Å². The summed E-state index contributed by atoms with van der Waals surface area (Å²) in [6.45, 7) is 0. The zero-order valence-corrected chi connectivity index (χ0v) is 31.1. The number of fused-ring (bicyclic) bond motifs is 13. The SMILES string of the molecule is c1ccc(N(c2ccccc2)c2ccc(-c3cc(-c4ccc5c(c4)C4(c6ccccc6-c6ccccc64)c4ccccc4-5)cc4c3oc3ccccc34)cc2)cc1. The highest BCUT2D eigenvalue weighted by Crippen LogP contribution is 2.63. The molecule has 1 heterocycles. The van der Waals surface area contributed by atoms with Crippen LogP contribution in [-0.4, -0.2) is 0 Å². The fourth-order valence-corrected chi connectivity index (χ4v) is 9.87. The lowest BCUT2D eigenvalue weighted by atomic mass is 9.70. The van der Waals surface area contributed by atoms with Gasteiger partial charge < -0.3 is 9.32 Å². The highest BCUT2D eigenvalue weighted by molar-refractivity contribution is 6.11. The van der Waals surface area contributed by atoms with Crippen molar-refractivity contribution >= 4 is 39.0 Å². The van der Waals surface area contributed by atoms with Crippen LogP contribution in [0.5, 0.6) is 0 Å². The molecule has 0 saturated heterocycles. The third-order valence-electron chi connectivity index (χ3n) is 12.3. The zero-order valence-electron chi connectivity index (χ0n) is 31.1. The highest BCUT2D eigenvalue weighted by Gasteiger charge is 2.51. The fraction of sp³-hybridized carbons (Fsp3) is 0.0182. The van der Waals surface area contributed by atoms with Crippen LogP contribution in [0.15, 0.2) is 217 Å². The summed E-state index contributed by atoms with van der Waals surface area (Å²) in [5, 5.41) is 2.24. The Morgan fingerprint density at radius 1 is 0.316 bits per heavy atom. The van der Waals surface area contributed by atoms with Gasteiger partial charge in [0.15, 0.2) is 0 Å². The van der Waals surface area contributed by atoms with E-state index >= 15 is 0 Å². The van der Waals surface area contributed by atoms with Crippen LogP contribution in [0, 0.1) is 0 Å². The van der Waals surface area contributed by atoms with E-state index in [0.29, 0.717) is 0 Å². The predicted octanol–water partition coefficient (Wildman–Crippen LogP) is 14.7. The van der Waals surface area contributed by atoms with Gasteiger partial charge in [-0.1, -0.05) is 152 Å². The third kappa shape index (κ3) is 4.59. The van der Waals surface area contributed by atoms with Crippen LogP contribution in [0.3, 0.4) is 0 Å². The van der Waals surface area contributed by atoms with Crippen LogP contribution >= 0.6 is 0 Å². The molecule has 0 saturated carbocycles. The van der Waals surface area contributed by atoms with E-state index in [0.717, 1.165) is 55.7 Å². The molecule has 9 aromatic carbocycles. The van der Waals surface area contributed by atoms with Gasteiger partial charge in [-0.25, -0.2) is 0 Å². The van der Waals surface area contributed by atoms with Crippen LogP contribution < -0.4 is 4.90 Å². The van der Waals surface area contributed by atoms with E-state index in [-0.39, 0.29) is 0 Å². The van der Waals surface area contributed by atoms with Crippen molar-refractivity contribution in [2.45, 2.75) is 5.41 Å². The number of para-hydroxylation sites is 3. The third-order valence-corrected chi connectivity index (χ3v) is 12.3. The maximum atomic E-state index is 6.71. The molecule has 57 heavy (non-hydrogen) atoms. The van der Waals surface area contributed by atoms with Gasteiger partial charge in [0.05, 0.1) is 5.41 Å². The lowest BCUT2D eigenvalue weighted by Gasteiger charge is -2.30. The van der Waals surface area contributed by atoms with E-state index in [1.807, 2.05) is 0 Å². The first-order chi connectivity index (χ1) is 28.3. The molecule has 0 unspecified atom stereocenters. The number of hydrogen-bond acceptors (Lipinski definition) is 2. The minimum atomic E-state index is -0.399. The zero-order chi connectivity index (χ0) is 37.5. The lowest BCUT2D eigenvalue weighted by Crippen LogP contribution is -2.25. The Morgan fingerprint density at radius 2 is 0.807 bits per heavy atom. The van der Waals surface area contributed by atoms with Crippen LogP contribution in [-0.2, 0) is 5.41 Å². The molecule has 10 aromatic rings. The van der Waals surface area contributed by atoms with Crippen molar-refractivity contribution in [2.75, 3.05) is 4.90 Å². The first-order valence-corrected chi connectivity index (χ1v) is 19.7. The van der Waals surface area contributed by atoms with Gasteiger partial charge >= 0.3 is 0 Å². The minimum absolute atomic E-state index is 0.399. The molecule has 0 radical (unpaired) electrons. The number of hydrogen-bond donors (Lipinski definition) is 0. The van der Waals surface area contributed by atoms with Crippen molar-refractivity contribution in [1.29, 1.82) is 0 Å². The molecule has 0 bridgehead atoms. The topological polar surface area (TPSA) is 16.4 Å². The number of benzene rings is 9. The standard InChI is InChI=1S/C55H35NO/c1-3-15-39(16-4-1)56(40-17-5-2-6-18-40)41-30-27-36(28-31-41)47-33-38(34-48-46-22-10-14-26-53(46)57-54(47)48)37-29-32-45-44-21-9-13-25-51(44)55(52(45)35-37)49-23-11-7-19-42(49)43-20-8-12-24-50(43)55/h1-35H. The molecule has 12 rings (SSSR count). The molecule has 0 aliphatic heterocycles. The number of rotatable bonds is 5. The molecule has 0 fully saturated rings. The smallest absolute Gasteiger partial charge is 0.143 e. The maximum absolute atomic E-state index is 6.71. The first kappa shape index (κ1) is 31.9. The number of nitrogens with zero attached hydrogens (tertiary/aromatic N) is 1. The molecule has 2 heteroatoms. The molecule has 1 spiro atoms. The van der Waals surface area contributed by atoms with Gasteiger partial charge in [0.25, 0.3) is 0 Å². The summed E-state index contributed by atoms with van der Waals surface area (Å²) in [5.74, 6) is 0. The van der Waals surface area contributed by atoms with Crippen molar-refractivity contribution in [3.8, 4) is 44.5 Å². The molecule has 0 N–H and O–H groups in total. The summed E-state index contributed by atoms with van der Waals surface area (Å²) in [6, 6.07) is 77.3. The Balaban J connectivity index is 1.06. The summed E-state index contributed by atoms with van der Waals surface area (Å²) in [5.41, 5.74) is 19.9. The molecular formula is C55H35NO. The summed E-state index contributed by atoms with van der Waals surface area (Å²) >= 11 is 0. The van der Waals surface area contributed by atoms with E-state index in [1.165, 1.54) is 50.1 Å². The van der Waals surface area contributed by atoms with Gasteiger partial charge in [-0.15, -0.1) is 0 Å². The highest BCUT2D eigenvalue weighted by atomic mass is 16.3. The normalized spacial score (nSPS) is 13.1. The Labute approximate surface area is 331 Å². The summed E-state index contributed by atoms with van der Waals surface area (Å²) in [7, 11) is 0. The summed E-state index contributed by atoms with van der Waals surface area (Å²) in [6.07, 6.45) is 0. The quantitative estimate of drug-likeness (QED) is 0.176. The van der Waals surface area contributed by atoms with Gasteiger partial charge in [-0.05, 0) is 122 Å². The molecule has 1 aromatic heterocycles. The number of anilines is 3. The lowest BCUT2D eigenvalue weighted by molar-refractivity contribution is 0.670. The van der Waals surface area contributed by atoms with Crippen molar-refractivity contribution in [3.63, 3.8) is 0 Å². The van der Waals surface area contributed by atoms with Crippen molar-refractivity contribution in [1.82, 2.24) is 0 Å². The van der Waals surface area contributed by atoms with Crippen LogP contribution in [0.2, 0.25) is 0 Å². The van der Waals surface area contributed by atoms with Gasteiger partial charge in [0, 0.05) is 33.4 Å². The second-order valence-electron chi connectivity index (χ2n) is 15.2. The van der Waals surface area contributed by atoms with E-state index < -0.39 is 5.41 Å². The van der Waals surface area contributed by atoms with Crippen molar-refractivity contribution < 1.29 is 4.42 Å². The van der Waals surface area contributed by atoms with E-state index in [4.69, 9.17) is 4.42 Å². The monoisotopic (exact) mass is 725 g/mol. The molecule has 2 aliphatic carbocycles. The summed E-state index contributed by atoms with van der Waals surface area (Å²) < 4.78 is 6.71. The molecule has 0 atom stereocenters. The minimum Gasteiger partial charge on any atom is -0.455 e. The van der Waals surface area contributed by atoms with Gasteiger partial charge in [0.1, 0.15) is 11.2 Å². The number of furan rings is 1. The van der Waals surface area contributed by atoms with Crippen molar-refractivity contribution in [3.05, 3.63) is 235 Å². The Kier molecular flexibility index (Phi) is 6.88. The largest absolute Gasteiger partial charge is 0.455 e.